The summed E-state index contributed by atoms with van der Waals surface area (Å²) in [7, 11) is 0. The van der Waals surface area contributed by atoms with E-state index in [9.17, 15) is 0 Å². The van der Waals surface area contributed by atoms with Gasteiger partial charge in [-0.15, -0.1) is 24.0 Å². The van der Waals surface area contributed by atoms with Crippen molar-refractivity contribution in [2.75, 3.05) is 0 Å². The van der Waals surface area contributed by atoms with Gasteiger partial charge in [0.15, 0.2) is 0 Å². The molecule has 72 valence electrons. The van der Waals surface area contributed by atoms with Crippen molar-refractivity contribution in [2.45, 2.75) is 6.54 Å². The highest BCUT2D eigenvalue weighted by Crippen LogP contribution is 1.91. The number of hydrogen-bond acceptors (Lipinski definition) is 4. The van der Waals surface area contributed by atoms with E-state index < -0.39 is 0 Å². The van der Waals surface area contributed by atoms with Crippen LogP contribution in [0, 0.1) is 0 Å². The van der Waals surface area contributed by atoms with Crippen molar-refractivity contribution in [1.82, 2.24) is 15.4 Å². The molecule has 1 heterocycles. The highest BCUT2D eigenvalue weighted by Gasteiger charge is 1.90. The zero-order valence-corrected chi connectivity index (χ0v) is 9.17. The Balaban J connectivity index is 0.00000144. The zero-order chi connectivity index (χ0) is 8.81. The Bertz CT molecular complexity index is 261. The van der Waals surface area contributed by atoms with Gasteiger partial charge in [0.1, 0.15) is 0 Å². The Morgan fingerprint density at radius 1 is 1.54 bits per heavy atom. The standard InChI is InChI=1S/C6H10N6.HI/c7-6(12-8)11-4-5-3-9-1-2-10-5;/h1-3H,4,8H2,(H3,7,11,12);1H. The number of aliphatic imine (C=N–C) groups is 1. The Kier molecular flexibility index (Phi) is 6.06. The van der Waals surface area contributed by atoms with Crippen LogP contribution < -0.4 is 17.0 Å². The highest BCUT2D eigenvalue weighted by atomic mass is 127. The zero-order valence-electron chi connectivity index (χ0n) is 6.84. The van der Waals surface area contributed by atoms with Crippen LogP contribution >= 0.6 is 24.0 Å². The third kappa shape index (κ3) is 4.58. The van der Waals surface area contributed by atoms with Gasteiger partial charge in [-0.3, -0.25) is 15.4 Å². The van der Waals surface area contributed by atoms with Gasteiger partial charge in [-0.25, -0.2) is 10.8 Å². The lowest BCUT2D eigenvalue weighted by atomic mass is 10.4. The van der Waals surface area contributed by atoms with Crippen LogP contribution in [-0.2, 0) is 6.54 Å². The van der Waals surface area contributed by atoms with Gasteiger partial charge < -0.3 is 5.73 Å². The van der Waals surface area contributed by atoms with Crippen LogP contribution in [0.4, 0.5) is 0 Å². The van der Waals surface area contributed by atoms with Crippen molar-refractivity contribution >= 4 is 29.9 Å². The second kappa shape index (κ2) is 6.54. The van der Waals surface area contributed by atoms with E-state index in [1.165, 1.54) is 0 Å². The molecule has 0 unspecified atom stereocenters. The Morgan fingerprint density at radius 2 is 2.31 bits per heavy atom. The molecule has 0 spiro atoms. The SMILES string of the molecule is I.NNC(N)=NCc1cnccn1. The molecule has 5 N–H and O–H groups in total. The van der Waals surface area contributed by atoms with Gasteiger partial charge >= 0.3 is 0 Å². The average Bonchev–Trinajstić information content (AvgIpc) is 2.16. The fraction of sp³-hybridized carbons (Fsp3) is 0.167. The van der Waals surface area contributed by atoms with Crippen molar-refractivity contribution in [2.24, 2.45) is 16.6 Å². The summed E-state index contributed by atoms with van der Waals surface area (Å²) in [4.78, 5) is 11.7. The molecular weight excluding hydrogens is 283 g/mol. The summed E-state index contributed by atoms with van der Waals surface area (Å²) < 4.78 is 0. The maximum absolute atomic E-state index is 5.29. The number of nitrogens with one attached hydrogen (secondary N) is 1. The number of hydrazine groups is 1. The maximum Gasteiger partial charge on any atom is 0.203 e. The van der Waals surface area contributed by atoms with E-state index in [-0.39, 0.29) is 29.9 Å². The topological polar surface area (TPSA) is 102 Å². The molecule has 6 nitrogen and oxygen atoms in total. The molecule has 7 heteroatoms. The molecule has 0 saturated carbocycles. The summed E-state index contributed by atoms with van der Waals surface area (Å²) >= 11 is 0. The number of halogens is 1. The molecule has 0 aliphatic carbocycles. The van der Waals surface area contributed by atoms with Gasteiger partial charge in [-0.1, -0.05) is 0 Å². The number of guanidine groups is 1. The molecule has 1 aromatic rings. The first kappa shape index (κ1) is 12.0. The van der Waals surface area contributed by atoms with Crippen LogP contribution in [0.15, 0.2) is 23.6 Å². The van der Waals surface area contributed by atoms with Crippen LogP contribution in [0.5, 0.6) is 0 Å². The van der Waals surface area contributed by atoms with Gasteiger partial charge in [0.2, 0.25) is 5.96 Å². The van der Waals surface area contributed by atoms with Crippen molar-refractivity contribution in [3.8, 4) is 0 Å². The summed E-state index contributed by atoms with van der Waals surface area (Å²) in [5, 5.41) is 0. The Labute approximate surface area is 92.8 Å². The maximum atomic E-state index is 5.29. The molecule has 0 amide bonds. The quantitative estimate of drug-likeness (QED) is 0.222. The van der Waals surface area contributed by atoms with Gasteiger partial charge in [-0.05, 0) is 0 Å². The van der Waals surface area contributed by atoms with Crippen LogP contribution in [-0.4, -0.2) is 15.9 Å². The first-order valence-corrected chi connectivity index (χ1v) is 3.34. The van der Waals surface area contributed by atoms with Gasteiger partial charge in [0.05, 0.1) is 18.4 Å². The molecule has 0 atom stereocenters. The molecule has 0 aliphatic heterocycles. The lowest BCUT2D eigenvalue weighted by Crippen LogP contribution is -2.37. The van der Waals surface area contributed by atoms with Crippen LogP contribution in [0.2, 0.25) is 0 Å². The number of nitrogens with two attached hydrogens (primary N) is 2. The second-order valence-electron chi connectivity index (χ2n) is 2.04. The molecule has 0 aromatic carbocycles. The molecule has 0 fully saturated rings. The molecule has 1 aromatic heterocycles. The predicted molar refractivity (Wildman–Crippen MR) is 60.1 cm³/mol. The molecule has 1 rings (SSSR count). The fourth-order valence-corrected chi connectivity index (χ4v) is 0.623. The largest absolute Gasteiger partial charge is 0.369 e. The third-order valence-corrected chi connectivity index (χ3v) is 1.18. The lowest BCUT2D eigenvalue weighted by Gasteiger charge is -1.97. The van der Waals surface area contributed by atoms with Gasteiger partial charge in [-0.2, -0.15) is 0 Å². The van der Waals surface area contributed by atoms with E-state index in [0.29, 0.717) is 6.54 Å². The van der Waals surface area contributed by atoms with E-state index in [2.05, 4.69) is 20.4 Å². The van der Waals surface area contributed by atoms with E-state index >= 15 is 0 Å². The Hall–Kier alpha value is -0.960. The molecule has 0 saturated heterocycles. The summed E-state index contributed by atoms with van der Waals surface area (Å²) in [6.07, 6.45) is 4.81. The fourth-order valence-electron chi connectivity index (χ4n) is 0.623. The van der Waals surface area contributed by atoms with Crippen LogP contribution in [0.3, 0.4) is 0 Å². The minimum Gasteiger partial charge on any atom is -0.369 e. The van der Waals surface area contributed by atoms with Crippen LogP contribution in [0.25, 0.3) is 0 Å². The van der Waals surface area contributed by atoms with E-state index in [1.807, 2.05) is 0 Å². The highest BCUT2D eigenvalue weighted by molar-refractivity contribution is 14.0. The van der Waals surface area contributed by atoms with E-state index in [0.717, 1.165) is 5.69 Å². The van der Waals surface area contributed by atoms with E-state index in [4.69, 9.17) is 11.6 Å². The molecule has 13 heavy (non-hydrogen) atoms. The molecule has 0 radical (unpaired) electrons. The normalized spacial score (nSPS) is 10.4. The minimum atomic E-state index is 0. The first-order valence-electron chi connectivity index (χ1n) is 3.34. The van der Waals surface area contributed by atoms with Crippen molar-refractivity contribution in [3.05, 3.63) is 24.3 Å². The summed E-state index contributed by atoms with van der Waals surface area (Å²) in [6, 6.07) is 0. The first-order chi connectivity index (χ1) is 5.83. The smallest absolute Gasteiger partial charge is 0.203 e. The number of hydrogen-bond donors (Lipinski definition) is 3. The van der Waals surface area contributed by atoms with Crippen molar-refractivity contribution in [1.29, 1.82) is 0 Å². The predicted octanol–water partition coefficient (Wildman–Crippen LogP) is -0.627. The van der Waals surface area contributed by atoms with Gasteiger partial charge in [0, 0.05) is 12.4 Å². The minimum absolute atomic E-state index is 0. The molecule has 0 aliphatic rings. The van der Waals surface area contributed by atoms with Crippen molar-refractivity contribution in [3.63, 3.8) is 0 Å². The third-order valence-electron chi connectivity index (χ3n) is 1.18. The Morgan fingerprint density at radius 3 is 2.85 bits per heavy atom. The number of nitrogens with zero attached hydrogens (tertiary/aromatic N) is 3. The van der Waals surface area contributed by atoms with E-state index in [1.54, 1.807) is 18.6 Å². The van der Waals surface area contributed by atoms with Crippen molar-refractivity contribution < 1.29 is 0 Å². The summed E-state index contributed by atoms with van der Waals surface area (Å²) in [6.45, 7) is 0.379. The summed E-state index contributed by atoms with van der Waals surface area (Å²) in [5.41, 5.74) is 8.25. The monoisotopic (exact) mass is 294 g/mol. The molecular formula is C6H11IN6. The number of aromatic nitrogens is 2. The molecule has 0 bridgehead atoms. The number of rotatable bonds is 2. The second-order valence-corrected chi connectivity index (χ2v) is 2.04. The summed E-state index contributed by atoms with van der Waals surface area (Å²) in [5.74, 6) is 5.18. The average molecular weight is 294 g/mol. The van der Waals surface area contributed by atoms with Crippen LogP contribution in [0.1, 0.15) is 5.69 Å². The lowest BCUT2D eigenvalue weighted by molar-refractivity contribution is 0.921. The van der Waals surface area contributed by atoms with Gasteiger partial charge in [0.25, 0.3) is 0 Å².